The normalized spacial score (nSPS) is 10.7. The fourth-order valence-corrected chi connectivity index (χ4v) is 2.70. The molecule has 0 fully saturated rings. The molecule has 0 saturated carbocycles. The van der Waals surface area contributed by atoms with E-state index in [0.29, 0.717) is 11.4 Å². The molecule has 4 N–H and O–H groups in total. The highest BCUT2D eigenvalue weighted by atomic mass is 79.9. The van der Waals surface area contributed by atoms with Crippen LogP contribution >= 0.6 is 31.9 Å². The zero-order chi connectivity index (χ0) is 10.3. The zero-order valence-corrected chi connectivity index (χ0v) is 10.3. The Kier molecular flexibility index (Phi) is 2.36. The standard InChI is InChI=1S/C9H7Br2N3/c10-4-1-5(11)8-7(2-4)14-3-6(12)9(8)13/h1-3H,12H2,(H2,13,14). The molecule has 2 aromatic rings. The lowest BCUT2D eigenvalue weighted by atomic mass is 10.2. The molecule has 0 aliphatic carbocycles. The molecule has 0 bridgehead atoms. The van der Waals surface area contributed by atoms with Gasteiger partial charge in [-0.15, -0.1) is 0 Å². The van der Waals surface area contributed by atoms with Crippen LogP contribution in [0.5, 0.6) is 0 Å². The molecule has 5 heteroatoms. The van der Waals surface area contributed by atoms with Gasteiger partial charge in [-0.3, -0.25) is 4.98 Å². The van der Waals surface area contributed by atoms with Gasteiger partial charge in [0.1, 0.15) is 0 Å². The van der Waals surface area contributed by atoms with Gasteiger partial charge in [0.25, 0.3) is 0 Å². The largest absolute Gasteiger partial charge is 0.396 e. The van der Waals surface area contributed by atoms with E-state index in [1.165, 1.54) is 0 Å². The molecule has 0 amide bonds. The lowest BCUT2D eigenvalue weighted by Crippen LogP contribution is -1.97. The van der Waals surface area contributed by atoms with E-state index in [4.69, 9.17) is 11.5 Å². The molecule has 0 unspecified atom stereocenters. The summed E-state index contributed by atoms with van der Waals surface area (Å²) in [6, 6.07) is 3.82. The molecule has 3 nitrogen and oxygen atoms in total. The van der Waals surface area contributed by atoms with E-state index >= 15 is 0 Å². The molecule has 0 spiro atoms. The molecule has 0 atom stereocenters. The maximum atomic E-state index is 5.86. The predicted octanol–water partition coefficient (Wildman–Crippen LogP) is 2.92. The molecule has 1 heterocycles. The summed E-state index contributed by atoms with van der Waals surface area (Å²) in [4.78, 5) is 4.20. The fourth-order valence-electron chi connectivity index (χ4n) is 1.28. The number of nitrogen functional groups attached to an aromatic ring is 2. The topological polar surface area (TPSA) is 64.9 Å². The van der Waals surface area contributed by atoms with Crippen molar-refractivity contribution >= 4 is 54.1 Å². The summed E-state index contributed by atoms with van der Waals surface area (Å²) in [5, 5.41) is 0.855. The summed E-state index contributed by atoms with van der Waals surface area (Å²) in [6.45, 7) is 0. The summed E-state index contributed by atoms with van der Waals surface area (Å²) in [6.07, 6.45) is 1.57. The minimum Gasteiger partial charge on any atom is -0.396 e. The van der Waals surface area contributed by atoms with Gasteiger partial charge in [0.15, 0.2) is 0 Å². The van der Waals surface area contributed by atoms with Crippen LogP contribution < -0.4 is 11.5 Å². The van der Waals surface area contributed by atoms with Crippen LogP contribution in [0.1, 0.15) is 0 Å². The van der Waals surface area contributed by atoms with Crippen molar-refractivity contribution in [3.63, 3.8) is 0 Å². The summed E-state index contributed by atoms with van der Waals surface area (Å²) in [5.41, 5.74) is 13.4. The van der Waals surface area contributed by atoms with Crippen molar-refractivity contribution in [3.05, 3.63) is 27.3 Å². The van der Waals surface area contributed by atoms with Crippen molar-refractivity contribution < 1.29 is 0 Å². The highest BCUT2D eigenvalue weighted by molar-refractivity contribution is 9.11. The van der Waals surface area contributed by atoms with E-state index < -0.39 is 0 Å². The van der Waals surface area contributed by atoms with Crippen LogP contribution in [0, 0.1) is 0 Å². The first-order valence-corrected chi connectivity index (χ1v) is 5.47. The van der Waals surface area contributed by atoms with Crippen LogP contribution in [0.2, 0.25) is 0 Å². The molecule has 0 aliphatic heterocycles. The van der Waals surface area contributed by atoms with Gasteiger partial charge in [0.05, 0.1) is 23.1 Å². The Morgan fingerprint density at radius 1 is 1.14 bits per heavy atom. The number of aromatic nitrogens is 1. The Hall–Kier alpha value is -0.810. The minimum atomic E-state index is 0.500. The Bertz CT molecular complexity index is 511. The number of nitrogens with two attached hydrogens (primary N) is 2. The van der Waals surface area contributed by atoms with Crippen molar-refractivity contribution in [1.82, 2.24) is 4.98 Å². The van der Waals surface area contributed by atoms with Crippen molar-refractivity contribution in [1.29, 1.82) is 0 Å². The Morgan fingerprint density at radius 2 is 1.86 bits per heavy atom. The van der Waals surface area contributed by atoms with Crippen molar-refractivity contribution in [2.75, 3.05) is 11.5 Å². The Labute approximate surface area is 97.7 Å². The fraction of sp³-hybridized carbons (Fsp3) is 0. The third kappa shape index (κ3) is 1.46. The molecule has 0 saturated heterocycles. The van der Waals surface area contributed by atoms with Crippen molar-refractivity contribution in [2.45, 2.75) is 0 Å². The van der Waals surface area contributed by atoms with Crippen LogP contribution in [0.25, 0.3) is 10.9 Å². The number of halogens is 2. The van der Waals surface area contributed by atoms with Crippen LogP contribution in [0.3, 0.4) is 0 Å². The van der Waals surface area contributed by atoms with E-state index in [1.54, 1.807) is 6.20 Å². The summed E-state index contributed by atoms with van der Waals surface area (Å²) < 4.78 is 1.84. The van der Waals surface area contributed by atoms with Crippen LogP contribution in [-0.2, 0) is 0 Å². The first kappa shape index (κ1) is 9.73. The number of hydrogen-bond donors (Lipinski definition) is 2. The second-order valence-electron chi connectivity index (χ2n) is 2.91. The van der Waals surface area contributed by atoms with Crippen LogP contribution in [0.4, 0.5) is 11.4 Å². The number of benzene rings is 1. The Morgan fingerprint density at radius 3 is 2.57 bits per heavy atom. The van der Waals surface area contributed by atoms with Gasteiger partial charge < -0.3 is 11.5 Å². The summed E-state index contributed by atoms with van der Waals surface area (Å²) in [7, 11) is 0. The molecule has 1 aromatic carbocycles. The molecular formula is C9H7Br2N3. The third-order valence-electron chi connectivity index (χ3n) is 1.96. The molecule has 72 valence electrons. The van der Waals surface area contributed by atoms with Gasteiger partial charge in [-0.05, 0) is 28.1 Å². The van der Waals surface area contributed by atoms with Crippen molar-refractivity contribution in [2.24, 2.45) is 0 Å². The first-order valence-electron chi connectivity index (χ1n) is 3.88. The first-order chi connectivity index (χ1) is 6.59. The van der Waals surface area contributed by atoms with Crippen molar-refractivity contribution in [3.8, 4) is 0 Å². The smallest absolute Gasteiger partial charge is 0.0747 e. The molecule has 2 rings (SSSR count). The Balaban J connectivity index is 2.95. The second-order valence-corrected chi connectivity index (χ2v) is 4.68. The minimum absolute atomic E-state index is 0.500. The second kappa shape index (κ2) is 3.40. The van der Waals surface area contributed by atoms with E-state index in [2.05, 4.69) is 36.8 Å². The molecular weight excluding hydrogens is 310 g/mol. The molecule has 0 aliphatic rings. The highest BCUT2D eigenvalue weighted by Crippen LogP contribution is 2.33. The van der Waals surface area contributed by atoms with E-state index in [1.807, 2.05) is 12.1 Å². The summed E-state index contributed by atoms with van der Waals surface area (Å²) >= 11 is 6.81. The molecule has 14 heavy (non-hydrogen) atoms. The number of fused-ring (bicyclic) bond motifs is 1. The van der Waals surface area contributed by atoms with Crippen LogP contribution in [-0.4, -0.2) is 4.98 Å². The van der Waals surface area contributed by atoms with Gasteiger partial charge >= 0.3 is 0 Å². The molecule has 0 radical (unpaired) electrons. The van der Waals surface area contributed by atoms with Gasteiger partial charge in [-0.1, -0.05) is 15.9 Å². The number of pyridine rings is 1. The zero-order valence-electron chi connectivity index (χ0n) is 7.09. The maximum absolute atomic E-state index is 5.86. The maximum Gasteiger partial charge on any atom is 0.0747 e. The number of anilines is 2. The van der Waals surface area contributed by atoms with E-state index in [0.717, 1.165) is 19.8 Å². The third-order valence-corrected chi connectivity index (χ3v) is 3.04. The predicted molar refractivity (Wildman–Crippen MR) is 66.0 cm³/mol. The number of rotatable bonds is 0. The quantitative estimate of drug-likeness (QED) is 0.785. The molecule has 1 aromatic heterocycles. The van der Waals surface area contributed by atoms with Gasteiger partial charge in [-0.2, -0.15) is 0 Å². The van der Waals surface area contributed by atoms with Crippen LogP contribution in [0.15, 0.2) is 27.3 Å². The SMILES string of the molecule is Nc1cnc2cc(Br)cc(Br)c2c1N. The number of hydrogen-bond acceptors (Lipinski definition) is 3. The lowest BCUT2D eigenvalue weighted by Gasteiger charge is -2.06. The lowest BCUT2D eigenvalue weighted by molar-refractivity contribution is 1.40. The average Bonchev–Trinajstić information content (AvgIpc) is 2.10. The number of nitrogens with zero attached hydrogens (tertiary/aromatic N) is 1. The van der Waals surface area contributed by atoms with Gasteiger partial charge in [-0.25, -0.2) is 0 Å². The van der Waals surface area contributed by atoms with Gasteiger partial charge in [0.2, 0.25) is 0 Å². The average molecular weight is 317 g/mol. The highest BCUT2D eigenvalue weighted by Gasteiger charge is 2.07. The van der Waals surface area contributed by atoms with E-state index in [9.17, 15) is 0 Å². The monoisotopic (exact) mass is 315 g/mol. The van der Waals surface area contributed by atoms with Gasteiger partial charge in [0, 0.05) is 14.3 Å². The summed E-state index contributed by atoms with van der Waals surface area (Å²) in [5.74, 6) is 0. The van der Waals surface area contributed by atoms with E-state index in [-0.39, 0.29) is 0 Å².